The van der Waals surface area contributed by atoms with Gasteiger partial charge >= 0.3 is 0 Å². The molecule has 0 saturated carbocycles. The van der Waals surface area contributed by atoms with E-state index < -0.39 is 7.92 Å². The Morgan fingerprint density at radius 3 is 2.10 bits per heavy atom. The van der Waals surface area contributed by atoms with E-state index in [1.807, 2.05) is 0 Å². The molecule has 1 aliphatic heterocycles. The van der Waals surface area contributed by atoms with Crippen LogP contribution in [0.1, 0.15) is 32.3 Å². The predicted molar refractivity (Wildman–Crippen MR) is 125 cm³/mol. The summed E-state index contributed by atoms with van der Waals surface area (Å²) in [5.74, 6) is 1.36. The molecule has 0 saturated heterocycles. The maximum atomic E-state index is 6.14. The van der Waals surface area contributed by atoms with Gasteiger partial charge in [-0.25, -0.2) is 4.99 Å². The van der Waals surface area contributed by atoms with Crippen molar-refractivity contribution in [1.82, 2.24) is 0 Å². The van der Waals surface area contributed by atoms with Gasteiger partial charge in [0, 0.05) is 5.56 Å². The highest BCUT2D eigenvalue weighted by atomic mass is 31.1. The molecule has 0 N–H and O–H groups in total. The first-order valence-electron chi connectivity index (χ1n) is 10.5. The third-order valence-corrected chi connectivity index (χ3v) is 7.98. The topological polar surface area (TPSA) is 21.6 Å². The van der Waals surface area contributed by atoms with Crippen LogP contribution in [0.3, 0.4) is 0 Å². The van der Waals surface area contributed by atoms with E-state index in [4.69, 9.17) is 9.73 Å². The molecule has 1 unspecified atom stereocenters. The molecule has 148 valence electrons. The van der Waals surface area contributed by atoms with Crippen molar-refractivity contribution >= 4 is 29.7 Å². The fourth-order valence-electron chi connectivity index (χ4n) is 3.91. The SMILES string of the molecule is CCC[C@@H](C)C1COC(c2ccccc2P(c2ccccc2)c2ccccc2)=N1. The molecule has 3 aromatic carbocycles. The highest BCUT2D eigenvalue weighted by Crippen LogP contribution is 2.35. The van der Waals surface area contributed by atoms with E-state index in [0.717, 1.165) is 11.5 Å². The molecule has 0 aliphatic carbocycles. The molecule has 0 radical (unpaired) electrons. The lowest BCUT2D eigenvalue weighted by molar-refractivity contribution is 0.279. The Kier molecular flexibility index (Phi) is 6.42. The van der Waals surface area contributed by atoms with Crippen molar-refractivity contribution < 1.29 is 4.74 Å². The number of aliphatic imine (C=N–C) groups is 1. The Balaban J connectivity index is 1.77. The Morgan fingerprint density at radius 2 is 1.48 bits per heavy atom. The predicted octanol–water partition coefficient (Wildman–Crippen LogP) is 5.03. The summed E-state index contributed by atoms with van der Waals surface area (Å²) in [5, 5.41) is 3.99. The van der Waals surface area contributed by atoms with Gasteiger partial charge in [-0.3, -0.25) is 0 Å². The van der Waals surface area contributed by atoms with E-state index in [1.54, 1.807) is 0 Å². The molecule has 2 atom stereocenters. The third-order valence-electron chi connectivity index (χ3n) is 5.48. The lowest BCUT2D eigenvalue weighted by Gasteiger charge is -2.22. The number of benzene rings is 3. The van der Waals surface area contributed by atoms with Crippen LogP contribution in [0.15, 0.2) is 89.9 Å². The van der Waals surface area contributed by atoms with Crippen LogP contribution in [0.4, 0.5) is 0 Å². The minimum absolute atomic E-state index is 0.262. The molecule has 4 rings (SSSR count). The molecule has 29 heavy (non-hydrogen) atoms. The lowest BCUT2D eigenvalue weighted by atomic mass is 9.98. The van der Waals surface area contributed by atoms with Crippen LogP contribution in [0.5, 0.6) is 0 Å². The first kappa shape index (κ1) is 19.9. The summed E-state index contributed by atoms with van der Waals surface area (Å²) >= 11 is 0. The van der Waals surface area contributed by atoms with Crippen molar-refractivity contribution in [2.75, 3.05) is 6.61 Å². The Morgan fingerprint density at radius 1 is 0.897 bits per heavy atom. The molecular weight excluding hydrogens is 373 g/mol. The molecule has 0 bridgehead atoms. The van der Waals surface area contributed by atoms with Gasteiger partial charge in [0.15, 0.2) is 0 Å². The van der Waals surface area contributed by atoms with Gasteiger partial charge in [0.1, 0.15) is 6.61 Å². The highest BCUT2D eigenvalue weighted by Gasteiger charge is 2.28. The molecular formula is C26H28NOP. The van der Waals surface area contributed by atoms with Gasteiger partial charge in [-0.05, 0) is 42.2 Å². The first-order chi connectivity index (χ1) is 14.3. The van der Waals surface area contributed by atoms with E-state index in [9.17, 15) is 0 Å². The molecule has 0 amide bonds. The van der Waals surface area contributed by atoms with Crippen molar-refractivity contribution in [3.63, 3.8) is 0 Å². The zero-order chi connectivity index (χ0) is 20.1. The van der Waals surface area contributed by atoms with Crippen molar-refractivity contribution in [3.05, 3.63) is 90.5 Å². The summed E-state index contributed by atoms with van der Waals surface area (Å²) in [4.78, 5) is 5.01. The number of rotatable bonds is 7. The summed E-state index contributed by atoms with van der Waals surface area (Å²) in [6.45, 7) is 5.22. The van der Waals surface area contributed by atoms with Gasteiger partial charge in [-0.1, -0.05) is 99.1 Å². The van der Waals surface area contributed by atoms with Crippen LogP contribution in [-0.2, 0) is 4.74 Å². The van der Waals surface area contributed by atoms with E-state index in [2.05, 4.69) is 98.8 Å². The van der Waals surface area contributed by atoms with Crippen molar-refractivity contribution in [3.8, 4) is 0 Å². The third kappa shape index (κ3) is 4.43. The van der Waals surface area contributed by atoms with Crippen molar-refractivity contribution in [1.29, 1.82) is 0 Å². The van der Waals surface area contributed by atoms with Crippen LogP contribution >= 0.6 is 7.92 Å². The molecule has 0 spiro atoms. The van der Waals surface area contributed by atoms with Gasteiger partial charge in [0.2, 0.25) is 5.90 Å². The molecule has 0 fully saturated rings. The largest absolute Gasteiger partial charge is 0.475 e. The van der Waals surface area contributed by atoms with Gasteiger partial charge in [0.25, 0.3) is 0 Å². The number of hydrogen-bond acceptors (Lipinski definition) is 2. The van der Waals surface area contributed by atoms with E-state index in [-0.39, 0.29) is 6.04 Å². The van der Waals surface area contributed by atoms with Crippen LogP contribution in [0, 0.1) is 5.92 Å². The van der Waals surface area contributed by atoms with E-state index >= 15 is 0 Å². The maximum absolute atomic E-state index is 6.14. The monoisotopic (exact) mass is 401 g/mol. The Hall–Kier alpha value is -2.44. The molecule has 2 nitrogen and oxygen atoms in total. The van der Waals surface area contributed by atoms with Gasteiger partial charge in [-0.15, -0.1) is 0 Å². The van der Waals surface area contributed by atoms with Crippen LogP contribution in [-0.4, -0.2) is 18.5 Å². The fourth-order valence-corrected chi connectivity index (χ4v) is 6.35. The standard InChI is InChI=1S/C26H28NOP/c1-3-12-20(2)24-19-28-26(27-24)23-17-10-11-18-25(23)29(21-13-6-4-7-14-21)22-15-8-5-9-16-22/h4-11,13-18,20,24H,3,12,19H2,1-2H3/t20-,24?/m1/s1. The normalized spacial score (nSPS) is 17.1. The van der Waals surface area contributed by atoms with E-state index in [0.29, 0.717) is 12.5 Å². The molecule has 1 heterocycles. The summed E-state index contributed by atoms with van der Waals surface area (Å²) in [7, 11) is -0.680. The first-order valence-corrected chi connectivity index (χ1v) is 11.8. The van der Waals surface area contributed by atoms with Crippen LogP contribution in [0.25, 0.3) is 0 Å². The Bertz CT molecular complexity index is 915. The molecule has 3 heteroatoms. The second-order valence-electron chi connectivity index (χ2n) is 7.60. The highest BCUT2D eigenvalue weighted by molar-refractivity contribution is 7.80. The average Bonchev–Trinajstić information content (AvgIpc) is 3.26. The quantitative estimate of drug-likeness (QED) is 0.509. The number of hydrogen-bond donors (Lipinski definition) is 0. The zero-order valence-electron chi connectivity index (χ0n) is 17.2. The summed E-state index contributed by atoms with van der Waals surface area (Å²) in [6.07, 6.45) is 2.37. The summed E-state index contributed by atoms with van der Waals surface area (Å²) in [5.41, 5.74) is 1.14. The number of ether oxygens (including phenoxy) is 1. The van der Waals surface area contributed by atoms with Crippen LogP contribution < -0.4 is 15.9 Å². The minimum atomic E-state index is -0.680. The maximum Gasteiger partial charge on any atom is 0.217 e. The van der Waals surface area contributed by atoms with Gasteiger partial charge in [0.05, 0.1) is 6.04 Å². The van der Waals surface area contributed by atoms with Crippen molar-refractivity contribution in [2.24, 2.45) is 10.9 Å². The van der Waals surface area contributed by atoms with Gasteiger partial charge in [-0.2, -0.15) is 0 Å². The second kappa shape index (κ2) is 9.37. The zero-order valence-corrected chi connectivity index (χ0v) is 18.1. The van der Waals surface area contributed by atoms with Crippen LogP contribution in [0.2, 0.25) is 0 Å². The fraction of sp³-hybridized carbons (Fsp3) is 0.269. The van der Waals surface area contributed by atoms with Crippen molar-refractivity contribution in [2.45, 2.75) is 32.7 Å². The van der Waals surface area contributed by atoms with E-state index in [1.165, 1.54) is 28.8 Å². The van der Waals surface area contributed by atoms with Gasteiger partial charge < -0.3 is 4.74 Å². The second-order valence-corrected chi connectivity index (χ2v) is 9.79. The summed E-state index contributed by atoms with van der Waals surface area (Å²) in [6, 6.07) is 30.5. The summed E-state index contributed by atoms with van der Waals surface area (Å²) < 4.78 is 6.14. The molecule has 3 aromatic rings. The lowest BCUT2D eigenvalue weighted by Crippen LogP contribution is -2.25. The number of nitrogens with zero attached hydrogens (tertiary/aromatic N) is 1. The smallest absolute Gasteiger partial charge is 0.217 e. The minimum Gasteiger partial charge on any atom is -0.475 e. The Labute approximate surface area is 175 Å². The molecule has 0 aromatic heterocycles. The average molecular weight is 401 g/mol. The molecule has 1 aliphatic rings.